The van der Waals surface area contributed by atoms with E-state index in [9.17, 15) is 19.4 Å². The summed E-state index contributed by atoms with van der Waals surface area (Å²) in [5, 5.41) is 13.7. The number of carbonyl (C=O) groups is 1. The van der Waals surface area contributed by atoms with Gasteiger partial charge in [0.05, 0.1) is 25.4 Å². The number of allylic oxidation sites excluding steroid dienone is 6. The molecule has 0 spiro atoms. The van der Waals surface area contributed by atoms with Crippen molar-refractivity contribution in [2.75, 3.05) is 19.8 Å². The molecule has 0 radical (unpaired) electrons. The molecule has 0 aromatic rings. The zero-order valence-corrected chi connectivity index (χ0v) is 31.9. The lowest BCUT2D eigenvalue weighted by Crippen LogP contribution is -2.46. The molecule has 282 valence electrons. The summed E-state index contributed by atoms with van der Waals surface area (Å²) >= 11 is 0. The Morgan fingerprint density at radius 3 is 1.77 bits per heavy atom. The zero-order valence-electron chi connectivity index (χ0n) is 31.0. The average Bonchev–Trinajstić information content (AvgIpc) is 3.07. The molecule has 0 aliphatic heterocycles. The highest BCUT2D eigenvalue weighted by Crippen LogP contribution is 2.43. The minimum atomic E-state index is -4.31. The topological polar surface area (TPSA) is 131 Å². The molecule has 0 aliphatic carbocycles. The molecule has 0 bridgehead atoms. The van der Waals surface area contributed by atoms with Crippen molar-refractivity contribution in [2.45, 2.75) is 187 Å². The lowest BCUT2D eigenvalue weighted by molar-refractivity contribution is -0.123. The molecule has 0 heterocycles. The minimum Gasteiger partial charge on any atom is -0.391 e. The number of unbranched alkanes of at least 4 members (excludes halogenated alkanes) is 18. The van der Waals surface area contributed by atoms with Crippen LogP contribution in [0.15, 0.2) is 36.5 Å². The van der Waals surface area contributed by atoms with Crippen molar-refractivity contribution in [2.24, 2.45) is 5.73 Å². The monoisotopic (exact) mass is 699 g/mol. The third-order valence-electron chi connectivity index (χ3n) is 8.51. The van der Waals surface area contributed by atoms with Gasteiger partial charge in [-0.15, -0.1) is 0 Å². The number of aliphatic hydroxyl groups excluding tert-OH is 1. The molecule has 48 heavy (non-hydrogen) atoms. The van der Waals surface area contributed by atoms with Crippen LogP contribution in [0.2, 0.25) is 0 Å². The van der Waals surface area contributed by atoms with Gasteiger partial charge >= 0.3 is 7.82 Å². The number of nitrogens with one attached hydrogen (secondary N) is 1. The number of phosphoric ester groups is 1. The number of nitrogens with two attached hydrogens (primary N) is 1. The number of phosphoric acid groups is 1. The van der Waals surface area contributed by atoms with Crippen LogP contribution in [0.4, 0.5) is 0 Å². The molecule has 0 rings (SSSR count). The van der Waals surface area contributed by atoms with Crippen molar-refractivity contribution in [3.05, 3.63) is 36.5 Å². The van der Waals surface area contributed by atoms with Gasteiger partial charge in [0, 0.05) is 13.0 Å². The zero-order chi connectivity index (χ0) is 35.4. The Balaban J connectivity index is 4.23. The van der Waals surface area contributed by atoms with Gasteiger partial charge in [-0.1, -0.05) is 159 Å². The van der Waals surface area contributed by atoms with E-state index in [-0.39, 0.29) is 25.7 Å². The molecule has 0 fully saturated rings. The van der Waals surface area contributed by atoms with Gasteiger partial charge < -0.3 is 21.1 Å². The summed E-state index contributed by atoms with van der Waals surface area (Å²) in [7, 11) is -4.31. The highest BCUT2D eigenvalue weighted by molar-refractivity contribution is 7.47. The Labute approximate surface area is 295 Å². The summed E-state index contributed by atoms with van der Waals surface area (Å²) < 4.78 is 22.1. The molecule has 3 unspecified atom stereocenters. The first kappa shape index (κ1) is 46.7. The summed E-state index contributed by atoms with van der Waals surface area (Å²) in [6.07, 6.45) is 40.0. The van der Waals surface area contributed by atoms with Gasteiger partial charge in [-0.25, -0.2) is 4.57 Å². The normalized spacial score (nSPS) is 14.7. The van der Waals surface area contributed by atoms with E-state index in [1.54, 1.807) is 0 Å². The third-order valence-corrected chi connectivity index (χ3v) is 9.49. The molecule has 1 amide bonds. The fourth-order valence-corrected chi connectivity index (χ4v) is 6.32. The second-order valence-corrected chi connectivity index (χ2v) is 14.6. The van der Waals surface area contributed by atoms with Crippen molar-refractivity contribution in [1.82, 2.24) is 5.32 Å². The maximum absolute atomic E-state index is 12.7. The second kappa shape index (κ2) is 35.5. The maximum atomic E-state index is 12.7. The van der Waals surface area contributed by atoms with Gasteiger partial charge in [0.15, 0.2) is 0 Å². The summed E-state index contributed by atoms with van der Waals surface area (Å²) in [6, 6.07) is -0.778. The van der Waals surface area contributed by atoms with Crippen LogP contribution in [-0.2, 0) is 18.4 Å². The van der Waals surface area contributed by atoms with Crippen LogP contribution in [0.3, 0.4) is 0 Å². The number of hydrogen-bond donors (Lipinski definition) is 4. The highest BCUT2D eigenvalue weighted by atomic mass is 31.2. The largest absolute Gasteiger partial charge is 0.472 e. The van der Waals surface area contributed by atoms with E-state index < -0.39 is 20.0 Å². The lowest BCUT2D eigenvalue weighted by atomic mass is 10.0. The minimum absolute atomic E-state index is 0.0861. The molecule has 0 aromatic carbocycles. The van der Waals surface area contributed by atoms with Crippen LogP contribution in [0.1, 0.15) is 174 Å². The summed E-state index contributed by atoms with van der Waals surface area (Å²) in [5.74, 6) is -0.174. The quantitative estimate of drug-likeness (QED) is 0.0291. The third kappa shape index (κ3) is 33.2. The predicted molar refractivity (Wildman–Crippen MR) is 203 cm³/mol. The number of carbonyl (C=O) groups excluding carboxylic acids is 1. The van der Waals surface area contributed by atoms with Crippen LogP contribution in [0, 0.1) is 0 Å². The number of aliphatic hydroxyl groups is 1. The first-order valence-electron chi connectivity index (χ1n) is 19.6. The average molecular weight is 699 g/mol. The Morgan fingerprint density at radius 2 is 1.21 bits per heavy atom. The Bertz CT molecular complexity index is 850. The Kier molecular flexibility index (Phi) is 34.6. The van der Waals surface area contributed by atoms with E-state index in [1.807, 2.05) is 0 Å². The Hall–Kier alpha value is -1.28. The van der Waals surface area contributed by atoms with Gasteiger partial charge in [0.1, 0.15) is 0 Å². The Morgan fingerprint density at radius 1 is 0.708 bits per heavy atom. The van der Waals surface area contributed by atoms with E-state index in [2.05, 4.69) is 55.6 Å². The first-order valence-corrected chi connectivity index (χ1v) is 21.1. The SMILES string of the molecule is CC/C=C\C/C=C\C/C=C\CCCCCCCCCC(=O)NC(COP(=O)(O)OCCN)C(O)CCCCCCCCCCCCCC. The summed E-state index contributed by atoms with van der Waals surface area (Å²) in [5.41, 5.74) is 5.36. The molecular weight excluding hydrogens is 623 g/mol. The van der Waals surface area contributed by atoms with Crippen LogP contribution < -0.4 is 11.1 Å². The number of rotatable bonds is 36. The van der Waals surface area contributed by atoms with Gasteiger partial charge in [0.2, 0.25) is 5.91 Å². The number of hydrogen-bond acceptors (Lipinski definition) is 6. The van der Waals surface area contributed by atoms with Crippen LogP contribution in [0.5, 0.6) is 0 Å². The summed E-state index contributed by atoms with van der Waals surface area (Å²) in [6.45, 7) is 4.07. The molecule has 3 atom stereocenters. The van der Waals surface area contributed by atoms with Crippen LogP contribution in [-0.4, -0.2) is 47.8 Å². The highest BCUT2D eigenvalue weighted by Gasteiger charge is 2.27. The van der Waals surface area contributed by atoms with Crippen molar-refractivity contribution in [1.29, 1.82) is 0 Å². The summed E-state index contributed by atoms with van der Waals surface area (Å²) in [4.78, 5) is 22.6. The van der Waals surface area contributed by atoms with Crippen LogP contribution in [0.25, 0.3) is 0 Å². The molecule has 0 aromatic heterocycles. The van der Waals surface area contributed by atoms with Gasteiger partial charge in [-0.2, -0.15) is 0 Å². The predicted octanol–water partition coefficient (Wildman–Crippen LogP) is 10.4. The van der Waals surface area contributed by atoms with E-state index in [0.717, 1.165) is 64.2 Å². The van der Waals surface area contributed by atoms with E-state index in [1.165, 1.54) is 83.5 Å². The van der Waals surface area contributed by atoms with Crippen molar-refractivity contribution >= 4 is 13.7 Å². The molecule has 5 N–H and O–H groups in total. The standard InChI is InChI=1S/C39H75N2O6P/c1-3-5-7-9-11-13-15-17-18-19-20-21-23-25-27-29-31-33-39(43)41-37(36-47-48(44,45)46-35-34-40)38(42)32-30-28-26-24-22-16-14-12-10-8-6-4-2/h5,7,11,13,17-18,37-38,42H,3-4,6,8-10,12,14-16,19-36,40H2,1-2H3,(H,41,43)(H,44,45)/b7-5-,13-11-,18-17-. The van der Waals surface area contributed by atoms with Gasteiger partial charge in [0.25, 0.3) is 0 Å². The van der Waals surface area contributed by atoms with Crippen molar-refractivity contribution < 1.29 is 28.4 Å². The van der Waals surface area contributed by atoms with E-state index in [0.29, 0.717) is 12.8 Å². The molecular formula is C39H75N2O6P. The first-order chi connectivity index (χ1) is 23.4. The van der Waals surface area contributed by atoms with Crippen molar-refractivity contribution in [3.8, 4) is 0 Å². The molecule has 0 saturated heterocycles. The van der Waals surface area contributed by atoms with Crippen molar-refractivity contribution in [3.63, 3.8) is 0 Å². The smallest absolute Gasteiger partial charge is 0.391 e. The molecule has 9 heteroatoms. The molecule has 0 saturated carbocycles. The van der Waals surface area contributed by atoms with E-state index >= 15 is 0 Å². The lowest BCUT2D eigenvalue weighted by Gasteiger charge is -2.25. The molecule has 8 nitrogen and oxygen atoms in total. The van der Waals surface area contributed by atoms with Crippen LogP contribution >= 0.6 is 7.82 Å². The van der Waals surface area contributed by atoms with Gasteiger partial charge in [-0.05, 0) is 44.9 Å². The number of amides is 1. The van der Waals surface area contributed by atoms with Gasteiger partial charge in [-0.3, -0.25) is 13.8 Å². The van der Waals surface area contributed by atoms with E-state index in [4.69, 9.17) is 14.8 Å². The molecule has 0 aliphatic rings. The second-order valence-electron chi connectivity index (χ2n) is 13.1. The maximum Gasteiger partial charge on any atom is 0.472 e. The fraction of sp³-hybridized carbons (Fsp3) is 0.821. The fourth-order valence-electron chi connectivity index (χ4n) is 5.56.